The van der Waals surface area contributed by atoms with E-state index < -0.39 is 6.04 Å². The second-order valence-electron chi connectivity index (χ2n) is 9.65. The summed E-state index contributed by atoms with van der Waals surface area (Å²) in [4.78, 5) is 28.1. The second kappa shape index (κ2) is 11.1. The van der Waals surface area contributed by atoms with Crippen LogP contribution in [0.15, 0.2) is 72.9 Å². The van der Waals surface area contributed by atoms with E-state index in [2.05, 4.69) is 15.6 Å². The smallest absolute Gasteiger partial charge is 0.276 e. The molecule has 4 aromatic rings. The molecule has 0 radical (unpaired) electrons. The maximum absolute atomic E-state index is 14.0. The summed E-state index contributed by atoms with van der Waals surface area (Å²) < 4.78 is 19.1. The Balaban J connectivity index is 1.42. The molecule has 0 saturated carbocycles. The Kier molecular flexibility index (Phi) is 7.05. The highest BCUT2D eigenvalue weighted by atomic mass is 16.5. The first kappa shape index (κ1) is 25.4. The van der Waals surface area contributed by atoms with Crippen LogP contribution in [0.4, 0.5) is 0 Å². The van der Waals surface area contributed by atoms with Gasteiger partial charge in [-0.3, -0.25) is 9.59 Å². The van der Waals surface area contributed by atoms with Gasteiger partial charge in [0.05, 0.1) is 31.6 Å². The number of carbonyl (C=O) groups is 2. The highest BCUT2D eigenvalue weighted by Crippen LogP contribution is 2.42. The molecule has 0 fully saturated rings. The van der Waals surface area contributed by atoms with E-state index in [0.717, 1.165) is 22.4 Å². The number of methoxy groups -OCH3 is 1. The van der Waals surface area contributed by atoms with E-state index in [1.165, 1.54) is 0 Å². The van der Waals surface area contributed by atoms with E-state index in [9.17, 15) is 9.59 Å². The number of aromatic nitrogens is 3. The Bertz CT molecular complexity index is 1540. The Morgan fingerprint density at radius 2 is 1.95 bits per heavy atom. The molecule has 0 spiro atoms. The lowest BCUT2D eigenvalue weighted by Crippen LogP contribution is -2.41. The van der Waals surface area contributed by atoms with E-state index in [1.54, 1.807) is 18.0 Å². The molecule has 1 aromatic heterocycles. The predicted molar refractivity (Wildman–Crippen MR) is 146 cm³/mol. The lowest BCUT2D eigenvalue weighted by molar-refractivity contribution is -0.123. The lowest BCUT2D eigenvalue weighted by atomic mass is 9.87. The van der Waals surface area contributed by atoms with E-state index in [1.807, 2.05) is 71.6 Å². The van der Waals surface area contributed by atoms with Gasteiger partial charge in [-0.1, -0.05) is 35.5 Å². The molecule has 7 rings (SSSR count). The van der Waals surface area contributed by atoms with Gasteiger partial charge in [0.25, 0.3) is 11.8 Å². The fourth-order valence-electron chi connectivity index (χ4n) is 5.15. The highest BCUT2D eigenvalue weighted by Gasteiger charge is 2.35. The van der Waals surface area contributed by atoms with Gasteiger partial charge in [0.2, 0.25) is 0 Å². The molecule has 3 aliphatic heterocycles. The third kappa shape index (κ3) is 5.07. The van der Waals surface area contributed by atoms with Gasteiger partial charge in [-0.15, -0.1) is 5.10 Å². The van der Waals surface area contributed by atoms with Crippen LogP contribution in [0.5, 0.6) is 17.2 Å². The number of amides is 2. The fraction of sp³-hybridized carbons (Fsp3) is 0.267. The van der Waals surface area contributed by atoms with Crippen molar-refractivity contribution in [1.29, 1.82) is 0 Å². The topological polar surface area (TPSA) is 108 Å². The van der Waals surface area contributed by atoms with Crippen molar-refractivity contribution >= 4 is 11.8 Å². The van der Waals surface area contributed by atoms with Crippen LogP contribution < -0.4 is 19.5 Å². The van der Waals surface area contributed by atoms with Gasteiger partial charge in [0.1, 0.15) is 5.75 Å². The number of para-hydroxylation sites is 1. The number of nitrogens with one attached hydrogen (secondary N) is 1. The van der Waals surface area contributed by atoms with E-state index in [-0.39, 0.29) is 24.1 Å². The van der Waals surface area contributed by atoms with Crippen molar-refractivity contribution in [1.82, 2.24) is 25.2 Å². The number of fused-ring (bicyclic) bond motifs is 8. The molecule has 40 heavy (non-hydrogen) atoms. The summed E-state index contributed by atoms with van der Waals surface area (Å²) in [7, 11) is 1.56. The highest BCUT2D eigenvalue weighted by molar-refractivity contribution is 5.93. The average molecular weight is 540 g/mol. The molecular formula is C30H29N5O5. The Hall–Kier alpha value is -4.86. The van der Waals surface area contributed by atoms with Crippen molar-refractivity contribution in [2.75, 3.05) is 33.4 Å². The Labute approximate surface area is 231 Å². The van der Waals surface area contributed by atoms with E-state index >= 15 is 0 Å². The quantitative estimate of drug-likeness (QED) is 0.426. The van der Waals surface area contributed by atoms with Gasteiger partial charge in [0, 0.05) is 13.1 Å². The molecule has 3 aromatic carbocycles. The largest absolute Gasteiger partial charge is 0.494 e. The number of hydrogen-bond donors (Lipinski definition) is 1. The SMILES string of the molecule is COc1cc2c3cc1OCC(=O)NCCCOc1cccc(c1)C2N(C(=O)c1cn(-c2ccccc2)nn1)CC3. The normalized spacial score (nSPS) is 17.0. The van der Waals surface area contributed by atoms with Gasteiger partial charge in [-0.25, -0.2) is 4.68 Å². The number of rotatable bonds is 3. The van der Waals surface area contributed by atoms with Crippen LogP contribution in [0.2, 0.25) is 0 Å². The first-order chi connectivity index (χ1) is 19.6. The zero-order chi connectivity index (χ0) is 27.5. The van der Waals surface area contributed by atoms with E-state index in [0.29, 0.717) is 49.8 Å². The van der Waals surface area contributed by atoms with E-state index in [4.69, 9.17) is 14.2 Å². The number of nitrogens with zero attached hydrogens (tertiary/aromatic N) is 4. The summed E-state index contributed by atoms with van der Waals surface area (Å²) in [5.41, 5.74) is 3.89. The van der Waals surface area contributed by atoms with Crippen molar-refractivity contribution < 1.29 is 23.8 Å². The standard InChI is InChI=1S/C30H29N5O5/c1-38-26-17-24-20-11-13-34(30(37)25-18-35(33-32-25)22-8-3-2-4-9-22)29(24)21-7-5-10-23(15-21)39-14-6-12-31-28(36)19-40-27(26)16-20/h2-5,7-10,15-18,29H,6,11-14,19H2,1H3,(H,31,36). The van der Waals surface area contributed by atoms with Crippen molar-refractivity contribution in [3.05, 3.63) is 95.3 Å². The molecule has 1 atom stereocenters. The monoisotopic (exact) mass is 539 g/mol. The summed E-state index contributed by atoms with van der Waals surface area (Å²) in [5.74, 6) is 1.23. The van der Waals surface area contributed by atoms with Crippen molar-refractivity contribution in [2.45, 2.75) is 18.9 Å². The molecule has 1 N–H and O–H groups in total. The summed E-state index contributed by atoms with van der Waals surface area (Å²) in [6, 6.07) is 20.7. The predicted octanol–water partition coefficient (Wildman–Crippen LogP) is 3.34. The van der Waals surface area contributed by atoms with Crippen LogP contribution in [0, 0.1) is 0 Å². The van der Waals surface area contributed by atoms with Gasteiger partial charge in [-0.2, -0.15) is 0 Å². The third-order valence-electron chi connectivity index (χ3n) is 7.09. The maximum atomic E-state index is 14.0. The minimum Gasteiger partial charge on any atom is -0.494 e. The Morgan fingerprint density at radius 1 is 1.07 bits per heavy atom. The molecule has 1 unspecified atom stereocenters. The summed E-state index contributed by atoms with van der Waals surface area (Å²) in [6.07, 6.45) is 2.89. The van der Waals surface area contributed by atoms with Gasteiger partial charge < -0.3 is 24.4 Å². The van der Waals surface area contributed by atoms with Gasteiger partial charge in [-0.05, 0) is 65.9 Å². The first-order valence-corrected chi connectivity index (χ1v) is 13.2. The molecule has 204 valence electrons. The maximum Gasteiger partial charge on any atom is 0.276 e. The van der Waals surface area contributed by atoms with Crippen LogP contribution in [-0.4, -0.2) is 65.1 Å². The van der Waals surface area contributed by atoms with Crippen molar-refractivity contribution in [2.24, 2.45) is 0 Å². The van der Waals surface area contributed by atoms with Crippen LogP contribution in [-0.2, 0) is 11.2 Å². The fourth-order valence-corrected chi connectivity index (χ4v) is 5.15. The third-order valence-corrected chi connectivity index (χ3v) is 7.09. The summed E-state index contributed by atoms with van der Waals surface area (Å²) >= 11 is 0. The molecule has 3 aliphatic rings. The van der Waals surface area contributed by atoms with Gasteiger partial charge in [0.15, 0.2) is 23.8 Å². The number of benzene rings is 3. The van der Waals surface area contributed by atoms with Crippen LogP contribution in [0.3, 0.4) is 0 Å². The zero-order valence-corrected chi connectivity index (χ0v) is 22.1. The number of ether oxygens (including phenoxy) is 3. The molecule has 6 bridgehead atoms. The molecule has 0 aliphatic carbocycles. The molecular weight excluding hydrogens is 510 g/mol. The molecule has 2 amide bonds. The minimum absolute atomic E-state index is 0.125. The molecule has 10 heteroatoms. The second-order valence-corrected chi connectivity index (χ2v) is 9.65. The zero-order valence-electron chi connectivity index (χ0n) is 22.1. The minimum atomic E-state index is -0.430. The molecule has 4 heterocycles. The Morgan fingerprint density at radius 3 is 2.80 bits per heavy atom. The van der Waals surface area contributed by atoms with Crippen LogP contribution in [0.25, 0.3) is 5.69 Å². The average Bonchev–Trinajstić information content (AvgIpc) is 3.49. The molecule has 0 saturated heterocycles. The van der Waals surface area contributed by atoms with Crippen molar-refractivity contribution in [3.8, 4) is 22.9 Å². The van der Waals surface area contributed by atoms with Crippen LogP contribution >= 0.6 is 0 Å². The number of carbonyl (C=O) groups excluding carboxylic acids is 2. The first-order valence-electron chi connectivity index (χ1n) is 13.2. The lowest BCUT2D eigenvalue weighted by Gasteiger charge is -2.38. The number of hydrogen-bond acceptors (Lipinski definition) is 7. The summed E-state index contributed by atoms with van der Waals surface area (Å²) in [5, 5.41) is 11.3. The van der Waals surface area contributed by atoms with Gasteiger partial charge >= 0.3 is 0 Å². The summed E-state index contributed by atoms with van der Waals surface area (Å²) in [6.45, 7) is 1.23. The van der Waals surface area contributed by atoms with Crippen LogP contribution in [0.1, 0.15) is 39.6 Å². The molecule has 10 nitrogen and oxygen atoms in total. The van der Waals surface area contributed by atoms with Crippen molar-refractivity contribution in [3.63, 3.8) is 0 Å².